The molecule has 0 aliphatic rings. The average Bonchev–Trinajstić information content (AvgIpc) is 2.48. The summed E-state index contributed by atoms with van der Waals surface area (Å²) in [6.07, 6.45) is 0.863. The number of rotatable bonds is 5. The summed E-state index contributed by atoms with van der Waals surface area (Å²) in [6, 6.07) is 15.1. The molecule has 0 bridgehead atoms. The van der Waals surface area contributed by atoms with Crippen molar-refractivity contribution in [1.82, 2.24) is 0 Å². The molecule has 0 aromatic heterocycles. The summed E-state index contributed by atoms with van der Waals surface area (Å²) in [5.41, 5.74) is 8.10. The lowest BCUT2D eigenvalue weighted by atomic mass is 10.1. The van der Waals surface area contributed by atoms with Gasteiger partial charge in [0.05, 0.1) is 11.6 Å². The first-order chi connectivity index (χ1) is 9.72. The van der Waals surface area contributed by atoms with Crippen molar-refractivity contribution in [1.29, 1.82) is 5.26 Å². The van der Waals surface area contributed by atoms with E-state index in [1.807, 2.05) is 30.3 Å². The van der Waals surface area contributed by atoms with E-state index in [4.69, 9.17) is 27.3 Å². The Kier molecular flexibility index (Phi) is 5.00. The number of hydrogen-bond acceptors (Lipinski definition) is 3. The van der Waals surface area contributed by atoms with Crippen LogP contribution in [0.4, 0.5) is 0 Å². The second-order valence-electron chi connectivity index (χ2n) is 4.39. The zero-order chi connectivity index (χ0) is 14.4. The summed E-state index contributed by atoms with van der Waals surface area (Å²) < 4.78 is 5.68. The Morgan fingerprint density at radius 2 is 1.90 bits per heavy atom. The summed E-state index contributed by atoms with van der Waals surface area (Å²) in [6.45, 7) is 1.02. The summed E-state index contributed by atoms with van der Waals surface area (Å²) in [5.74, 6) is 0.784. The Morgan fingerprint density at radius 3 is 2.50 bits per heavy atom. The van der Waals surface area contributed by atoms with Gasteiger partial charge in [0.1, 0.15) is 12.4 Å². The topological polar surface area (TPSA) is 59.0 Å². The average molecular weight is 287 g/mol. The van der Waals surface area contributed by atoms with Gasteiger partial charge in [0.15, 0.2) is 0 Å². The number of hydrogen-bond donors (Lipinski definition) is 1. The lowest BCUT2D eigenvalue weighted by Crippen LogP contribution is -2.02. The third-order valence-corrected chi connectivity index (χ3v) is 3.28. The number of benzene rings is 2. The van der Waals surface area contributed by atoms with Gasteiger partial charge in [-0.05, 0) is 42.8 Å². The minimum atomic E-state index is 0.376. The van der Waals surface area contributed by atoms with Crippen LogP contribution in [-0.2, 0) is 13.0 Å². The van der Waals surface area contributed by atoms with Gasteiger partial charge < -0.3 is 10.5 Å². The predicted molar refractivity (Wildman–Crippen MR) is 79.7 cm³/mol. The summed E-state index contributed by atoms with van der Waals surface area (Å²) in [7, 11) is 0. The largest absolute Gasteiger partial charge is 0.489 e. The molecule has 20 heavy (non-hydrogen) atoms. The molecular weight excluding hydrogens is 272 g/mol. The van der Waals surface area contributed by atoms with Gasteiger partial charge in [-0.15, -0.1) is 0 Å². The maximum atomic E-state index is 8.78. The Labute approximate surface area is 123 Å². The van der Waals surface area contributed by atoms with Crippen molar-refractivity contribution in [2.24, 2.45) is 5.73 Å². The Bertz CT molecular complexity index is 617. The van der Waals surface area contributed by atoms with E-state index in [2.05, 4.69) is 6.07 Å². The van der Waals surface area contributed by atoms with E-state index in [1.165, 1.54) is 5.56 Å². The van der Waals surface area contributed by atoms with Crippen molar-refractivity contribution in [2.45, 2.75) is 13.0 Å². The molecule has 0 saturated heterocycles. The highest BCUT2D eigenvalue weighted by molar-refractivity contribution is 6.31. The minimum absolute atomic E-state index is 0.376. The van der Waals surface area contributed by atoms with Gasteiger partial charge in [-0.25, -0.2) is 0 Å². The molecule has 0 heterocycles. The van der Waals surface area contributed by atoms with Crippen molar-refractivity contribution >= 4 is 11.6 Å². The maximum absolute atomic E-state index is 8.78. The number of nitrogens with zero attached hydrogens (tertiary/aromatic N) is 1. The van der Waals surface area contributed by atoms with Crippen molar-refractivity contribution in [3.63, 3.8) is 0 Å². The molecular formula is C16H15ClN2O. The van der Waals surface area contributed by atoms with Crippen LogP contribution in [0.3, 0.4) is 0 Å². The maximum Gasteiger partial charge on any atom is 0.119 e. The quantitative estimate of drug-likeness (QED) is 0.917. The molecule has 0 saturated carbocycles. The smallest absolute Gasteiger partial charge is 0.119 e. The van der Waals surface area contributed by atoms with Crippen molar-refractivity contribution in [3.8, 4) is 11.8 Å². The monoisotopic (exact) mass is 286 g/mol. The molecule has 0 unspecified atom stereocenters. The van der Waals surface area contributed by atoms with Gasteiger partial charge in [-0.2, -0.15) is 5.26 Å². The van der Waals surface area contributed by atoms with Crippen LogP contribution >= 0.6 is 11.6 Å². The molecule has 2 N–H and O–H groups in total. The van der Waals surface area contributed by atoms with Crippen LogP contribution in [0.2, 0.25) is 5.02 Å². The van der Waals surface area contributed by atoms with Gasteiger partial charge in [0.2, 0.25) is 0 Å². The first-order valence-corrected chi connectivity index (χ1v) is 6.71. The molecule has 0 fully saturated rings. The molecule has 0 amide bonds. The zero-order valence-corrected chi connectivity index (χ0v) is 11.7. The van der Waals surface area contributed by atoms with Crippen LogP contribution in [0.5, 0.6) is 5.75 Å². The molecule has 4 heteroatoms. The fourth-order valence-corrected chi connectivity index (χ4v) is 2.05. The van der Waals surface area contributed by atoms with E-state index in [0.717, 1.165) is 17.7 Å². The highest BCUT2D eigenvalue weighted by Gasteiger charge is 2.03. The number of nitriles is 1. The summed E-state index contributed by atoms with van der Waals surface area (Å²) in [5, 5.41) is 9.33. The third-order valence-electron chi connectivity index (χ3n) is 2.93. The Balaban J connectivity index is 2.00. The lowest BCUT2D eigenvalue weighted by Gasteiger charge is -2.08. The van der Waals surface area contributed by atoms with Gasteiger partial charge in [-0.3, -0.25) is 0 Å². The third kappa shape index (κ3) is 3.74. The second-order valence-corrected chi connectivity index (χ2v) is 4.80. The van der Waals surface area contributed by atoms with E-state index in [1.54, 1.807) is 12.1 Å². The molecule has 0 aliphatic carbocycles. The highest BCUT2D eigenvalue weighted by atomic mass is 35.5. The fraction of sp³-hybridized carbons (Fsp3) is 0.188. The lowest BCUT2D eigenvalue weighted by molar-refractivity contribution is 0.306. The van der Waals surface area contributed by atoms with Crippen molar-refractivity contribution in [2.75, 3.05) is 6.54 Å². The number of nitrogens with two attached hydrogens (primary N) is 1. The molecule has 0 aliphatic heterocycles. The fourth-order valence-electron chi connectivity index (χ4n) is 1.81. The van der Waals surface area contributed by atoms with Gasteiger partial charge in [-0.1, -0.05) is 29.8 Å². The molecule has 2 rings (SSSR count). The Hall–Kier alpha value is -2.02. The molecule has 0 radical (unpaired) electrons. The molecule has 0 spiro atoms. The van der Waals surface area contributed by atoms with E-state index in [0.29, 0.717) is 23.7 Å². The van der Waals surface area contributed by atoms with Crippen molar-refractivity contribution in [3.05, 3.63) is 64.2 Å². The Morgan fingerprint density at radius 1 is 1.15 bits per heavy atom. The highest BCUT2D eigenvalue weighted by Crippen LogP contribution is 2.20. The van der Waals surface area contributed by atoms with Crippen LogP contribution < -0.4 is 10.5 Å². The van der Waals surface area contributed by atoms with E-state index in [-0.39, 0.29) is 0 Å². The van der Waals surface area contributed by atoms with Crippen molar-refractivity contribution < 1.29 is 4.74 Å². The van der Waals surface area contributed by atoms with E-state index in [9.17, 15) is 0 Å². The van der Waals surface area contributed by atoms with Gasteiger partial charge in [0.25, 0.3) is 0 Å². The molecule has 3 nitrogen and oxygen atoms in total. The molecule has 2 aromatic carbocycles. The van der Waals surface area contributed by atoms with Crippen LogP contribution in [0.1, 0.15) is 16.7 Å². The zero-order valence-electron chi connectivity index (χ0n) is 11.0. The summed E-state index contributed by atoms with van der Waals surface area (Å²) >= 11 is 6.10. The normalized spacial score (nSPS) is 10.1. The molecule has 0 atom stereocenters. The number of halogens is 1. The minimum Gasteiger partial charge on any atom is -0.489 e. The van der Waals surface area contributed by atoms with Gasteiger partial charge >= 0.3 is 0 Å². The van der Waals surface area contributed by atoms with Crippen LogP contribution in [-0.4, -0.2) is 6.54 Å². The van der Waals surface area contributed by atoms with Gasteiger partial charge in [0, 0.05) is 10.6 Å². The predicted octanol–water partition coefficient (Wildman–Crippen LogP) is 3.29. The molecule has 2 aromatic rings. The van der Waals surface area contributed by atoms with Crippen LogP contribution in [0, 0.1) is 11.3 Å². The molecule has 102 valence electrons. The first-order valence-electron chi connectivity index (χ1n) is 6.33. The standard InChI is InChI=1S/C16H15ClN2O/c17-16-9-13(10-19)1-4-14(16)11-20-15-5-2-12(3-6-15)7-8-18/h1-6,9H,7-8,11,18H2. The first kappa shape index (κ1) is 14.4. The van der Waals surface area contributed by atoms with E-state index >= 15 is 0 Å². The summed E-state index contributed by atoms with van der Waals surface area (Å²) in [4.78, 5) is 0. The van der Waals surface area contributed by atoms with E-state index < -0.39 is 0 Å². The number of ether oxygens (including phenoxy) is 1. The van der Waals surface area contributed by atoms with Crippen LogP contribution in [0.25, 0.3) is 0 Å². The SMILES string of the molecule is N#Cc1ccc(COc2ccc(CCN)cc2)c(Cl)c1. The van der Waals surface area contributed by atoms with Crippen LogP contribution in [0.15, 0.2) is 42.5 Å². The second kappa shape index (κ2) is 6.95.